The molecule has 0 saturated heterocycles. The lowest BCUT2D eigenvalue weighted by Crippen LogP contribution is -2.25. The maximum absolute atomic E-state index is 11.9. The van der Waals surface area contributed by atoms with Gasteiger partial charge in [-0.1, -0.05) is 34.2 Å². The molecule has 0 radical (unpaired) electrons. The van der Waals surface area contributed by atoms with E-state index in [0.717, 1.165) is 29.5 Å². The van der Waals surface area contributed by atoms with Crippen LogP contribution in [0.4, 0.5) is 5.13 Å². The molecule has 0 bridgehead atoms. The van der Waals surface area contributed by atoms with Crippen molar-refractivity contribution in [2.75, 3.05) is 17.2 Å². The van der Waals surface area contributed by atoms with Crippen LogP contribution in [0, 0.1) is 5.92 Å². The SMILES string of the molecule is CC(=O)Nc1nnc(S(=O)(=O)NCCCC(C)CBr)s1. The third-order valence-corrected chi connectivity index (χ3v) is 6.12. The molecule has 114 valence electrons. The second-order valence-electron chi connectivity index (χ2n) is 4.35. The molecule has 1 aromatic heterocycles. The summed E-state index contributed by atoms with van der Waals surface area (Å²) in [5, 5.41) is 10.6. The zero-order chi connectivity index (χ0) is 15.2. The van der Waals surface area contributed by atoms with Crippen LogP contribution in [0.15, 0.2) is 4.34 Å². The minimum absolute atomic E-state index is 0.144. The predicted molar refractivity (Wildman–Crippen MR) is 81.6 cm³/mol. The molecular formula is C10H17BrN4O3S2. The van der Waals surface area contributed by atoms with E-state index in [4.69, 9.17) is 0 Å². The highest BCUT2D eigenvalue weighted by atomic mass is 79.9. The van der Waals surface area contributed by atoms with E-state index >= 15 is 0 Å². The van der Waals surface area contributed by atoms with E-state index in [1.165, 1.54) is 6.92 Å². The Hall–Kier alpha value is -0.580. The van der Waals surface area contributed by atoms with Crippen LogP contribution in [-0.4, -0.2) is 36.4 Å². The van der Waals surface area contributed by atoms with Gasteiger partial charge in [-0.3, -0.25) is 4.79 Å². The number of alkyl halides is 1. The third kappa shape index (κ3) is 5.81. The number of carbonyl (C=O) groups excluding carboxylic acids is 1. The first kappa shape index (κ1) is 17.5. The van der Waals surface area contributed by atoms with Crippen molar-refractivity contribution in [1.29, 1.82) is 0 Å². The number of rotatable bonds is 8. The highest BCUT2D eigenvalue weighted by Gasteiger charge is 2.20. The van der Waals surface area contributed by atoms with Gasteiger partial charge < -0.3 is 5.32 Å². The zero-order valence-electron chi connectivity index (χ0n) is 11.2. The molecular weight excluding hydrogens is 368 g/mol. The standard InChI is InChI=1S/C10H17BrN4O3S2/c1-7(6-11)4-3-5-12-20(17,18)10-15-14-9(19-10)13-8(2)16/h7,12H,3-6H2,1-2H3,(H,13,14,16). The van der Waals surface area contributed by atoms with E-state index in [1.807, 2.05) is 0 Å². The van der Waals surface area contributed by atoms with Gasteiger partial charge in [-0.15, -0.1) is 10.2 Å². The van der Waals surface area contributed by atoms with Gasteiger partial charge in [0.15, 0.2) is 0 Å². The van der Waals surface area contributed by atoms with E-state index < -0.39 is 10.0 Å². The Morgan fingerprint density at radius 3 is 2.75 bits per heavy atom. The van der Waals surface area contributed by atoms with Gasteiger partial charge in [-0.25, -0.2) is 13.1 Å². The van der Waals surface area contributed by atoms with E-state index in [9.17, 15) is 13.2 Å². The second-order valence-corrected chi connectivity index (χ2v) is 7.92. The van der Waals surface area contributed by atoms with Gasteiger partial charge in [0, 0.05) is 18.8 Å². The van der Waals surface area contributed by atoms with Crippen LogP contribution < -0.4 is 10.0 Å². The number of nitrogens with one attached hydrogen (secondary N) is 2. The normalized spacial score (nSPS) is 13.2. The minimum Gasteiger partial charge on any atom is -0.301 e. The molecule has 0 aliphatic carbocycles. The molecule has 1 unspecified atom stereocenters. The summed E-state index contributed by atoms with van der Waals surface area (Å²) < 4.78 is 26.2. The summed E-state index contributed by atoms with van der Waals surface area (Å²) in [5.74, 6) is 0.189. The van der Waals surface area contributed by atoms with Crippen molar-refractivity contribution in [2.24, 2.45) is 5.92 Å². The first-order valence-electron chi connectivity index (χ1n) is 6.02. The molecule has 0 aliphatic rings. The topological polar surface area (TPSA) is 101 Å². The first-order chi connectivity index (χ1) is 9.35. The van der Waals surface area contributed by atoms with Crippen LogP contribution in [0.3, 0.4) is 0 Å². The summed E-state index contributed by atoms with van der Waals surface area (Å²) in [6.07, 6.45) is 1.68. The van der Waals surface area contributed by atoms with Crippen molar-refractivity contribution >= 4 is 48.3 Å². The Balaban J connectivity index is 2.52. The summed E-state index contributed by atoms with van der Waals surface area (Å²) in [4.78, 5) is 10.8. The lowest BCUT2D eigenvalue weighted by Gasteiger charge is -2.07. The number of hydrogen-bond acceptors (Lipinski definition) is 6. The van der Waals surface area contributed by atoms with Crippen LogP contribution in [0.1, 0.15) is 26.7 Å². The van der Waals surface area contributed by atoms with Crippen LogP contribution in [-0.2, 0) is 14.8 Å². The summed E-state index contributed by atoms with van der Waals surface area (Å²) in [7, 11) is -3.65. The van der Waals surface area contributed by atoms with E-state index in [2.05, 4.69) is 43.1 Å². The van der Waals surface area contributed by atoms with Gasteiger partial charge in [-0.2, -0.15) is 0 Å². The molecule has 0 saturated carbocycles. The lowest BCUT2D eigenvalue weighted by atomic mass is 10.1. The maximum Gasteiger partial charge on any atom is 0.269 e. The molecule has 7 nitrogen and oxygen atoms in total. The minimum atomic E-state index is -3.65. The monoisotopic (exact) mass is 384 g/mol. The van der Waals surface area contributed by atoms with Crippen molar-refractivity contribution in [3.8, 4) is 0 Å². The molecule has 10 heteroatoms. The van der Waals surface area contributed by atoms with Crippen LogP contribution >= 0.6 is 27.3 Å². The van der Waals surface area contributed by atoms with Crippen molar-refractivity contribution < 1.29 is 13.2 Å². The second kappa shape index (κ2) is 8.01. The highest BCUT2D eigenvalue weighted by Crippen LogP contribution is 2.19. The van der Waals surface area contributed by atoms with Gasteiger partial charge in [-0.05, 0) is 18.8 Å². The number of halogens is 1. The van der Waals surface area contributed by atoms with Gasteiger partial charge in [0.25, 0.3) is 10.0 Å². The molecule has 2 N–H and O–H groups in total. The number of amides is 1. The molecule has 0 aliphatic heterocycles. The number of anilines is 1. The Bertz CT molecular complexity index is 546. The molecule has 0 spiro atoms. The smallest absolute Gasteiger partial charge is 0.269 e. The number of sulfonamides is 1. The Labute approximate surface area is 130 Å². The van der Waals surface area contributed by atoms with Crippen molar-refractivity contribution in [1.82, 2.24) is 14.9 Å². The average molecular weight is 385 g/mol. The van der Waals surface area contributed by atoms with Gasteiger partial charge >= 0.3 is 0 Å². The average Bonchev–Trinajstić information content (AvgIpc) is 2.82. The quantitative estimate of drug-likeness (QED) is 0.402. The van der Waals surface area contributed by atoms with E-state index in [-0.39, 0.29) is 15.4 Å². The summed E-state index contributed by atoms with van der Waals surface area (Å²) in [6, 6.07) is 0. The number of hydrogen-bond donors (Lipinski definition) is 2. The first-order valence-corrected chi connectivity index (χ1v) is 9.44. The van der Waals surface area contributed by atoms with Gasteiger partial charge in [0.05, 0.1) is 0 Å². The third-order valence-electron chi connectivity index (χ3n) is 2.35. The molecule has 1 atom stereocenters. The highest BCUT2D eigenvalue weighted by molar-refractivity contribution is 9.09. The van der Waals surface area contributed by atoms with Crippen molar-refractivity contribution in [3.63, 3.8) is 0 Å². The largest absolute Gasteiger partial charge is 0.301 e. The molecule has 20 heavy (non-hydrogen) atoms. The summed E-state index contributed by atoms with van der Waals surface area (Å²) in [6.45, 7) is 3.77. The fourth-order valence-electron chi connectivity index (χ4n) is 1.32. The lowest BCUT2D eigenvalue weighted by molar-refractivity contribution is -0.114. The van der Waals surface area contributed by atoms with Gasteiger partial charge in [0.1, 0.15) is 0 Å². The fourth-order valence-corrected chi connectivity index (χ4v) is 3.70. The van der Waals surface area contributed by atoms with Crippen LogP contribution in [0.2, 0.25) is 0 Å². The van der Waals surface area contributed by atoms with E-state index in [1.54, 1.807) is 0 Å². The Morgan fingerprint density at radius 2 is 2.15 bits per heavy atom. The zero-order valence-corrected chi connectivity index (χ0v) is 14.4. The molecule has 0 aromatic carbocycles. The van der Waals surface area contributed by atoms with E-state index in [0.29, 0.717) is 12.5 Å². The number of aromatic nitrogens is 2. The Morgan fingerprint density at radius 1 is 1.45 bits per heavy atom. The van der Waals surface area contributed by atoms with Crippen molar-refractivity contribution in [3.05, 3.63) is 0 Å². The maximum atomic E-state index is 11.9. The van der Waals surface area contributed by atoms with Crippen LogP contribution in [0.25, 0.3) is 0 Å². The predicted octanol–water partition coefficient (Wildman–Crippen LogP) is 1.59. The number of carbonyl (C=O) groups is 1. The molecule has 1 heterocycles. The van der Waals surface area contributed by atoms with Crippen LogP contribution in [0.5, 0.6) is 0 Å². The van der Waals surface area contributed by atoms with Gasteiger partial charge in [0.2, 0.25) is 15.4 Å². The summed E-state index contributed by atoms with van der Waals surface area (Å²) >= 11 is 4.20. The molecule has 1 rings (SSSR count). The van der Waals surface area contributed by atoms with Crippen molar-refractivity contribution in [2.45, 2.75) is 31.0 Å². The molecule has 1 aromatic rings. The fraction of sp³-hybridized carbons (Fsp3) is 0.700. The summed E-state index contributed by atoms with van der Waals surface area (Å²) in [5.41, 5.74) is 0. The molecule has 0 fully saturated rings. The molecule has 1 amide bonds. The Kier molecular flexibility index (Phi) is 7.00. The number of nitrogens with zero attached hydrogens (tertiary/aromatic N) is 2.